The molecule has 2 saturated heterocycles. The van der Waals surface area contributed by atoms with E-state index in [1.54, 1.807) is 4.90 Å². The summed E-state index contributed by atoms with van der Waals surface area (Å²) in [7, 11) is 0. The molecule has 0 bridgehead atoms. The number of amides is 2. The van der Waals surface area contributed by atoms with Crippen molar-refractivity contribution in [3.8, 4) is 0 Å². The van der Waals surface area contributed by atoms with Crippen molar-refractivity contribution >= 4 is 11.8 Å². The van der Waals surface area contributed by atoms with E-state index in [0.717, 1.165) is 25.0 Å². The SMILES string of the molecule is NC(C(=O)N1CCN(C(=O)c2ccc(F)cc2F)CC1)C1CCOCC1. The molecule has 2 N–H and O–H groups in total. The van der Waals surface area contributed by atoms with Crippen molar-refractivity contribution in [3.05, 3.63) is 35.4 Å². The summed E-state index contributed by atoms with van der Waals surface area (Å²) in [6, 6.07) is 2.34. The molecule has 2 aliphatic rings. The third kappa shape index (κ3) is 4.02. The largest absolute Gasteiger partial charge is 0.381 e. The zero-order chi connectivity index (χ0) is 18.7. The maximum atomic E-state index is 13.8. The van der Waals surface area contributed by atoms with Crippen LogP contribution in [0.15, 0.2) is 18.2 Å². The Hall–Kier alpha value is -2.06. The van der Waals surface area contributed by atoms with Gasteiger partial charge in [-0.15, -0.1) is 0 Å². The number of nitrogens with two attached hydrogens (primary N) is 1. The highest BCUT2D eigenvalue weighted by molar-refractivity contribution is 5.94. The summed E-state index contributed by atoms with van der Waals surface area (Å²) < 4.78 is 32.1. The Morgan fingerprint density at radius 3 is 2.31 bits per heavy atom. The van der Waals surface area contributed by atoms with Crippen molar-refractivity contribution in [2.24, 2.45) is 11.7 Å². The van der Waals surface area contributed by atoms with Crippen molar-refractivity contribution in [3.63, 3.8) is 0 Å². The summed E-state index contributed by atoms with van der Waals surface area (Å²) in [6.45, 7) is 2.53. The lowest BCUT2D eigenvalue weighted by molar-refractivity contribution is -0.136. The fraction of sp³-hybridized carbons (Fsp3) is 0.556. The normalized spacial score (nSPS) is 20.1. The first-order valence-electron chi connectivity index (χ1n) is 8.84. The molecule has 2 amide bonds. The van der Waals surface area contributed by atoms with Crippen LogP contribution in [0, 0.1) is 17.6 Å². The standard InChI is InChI=1S/C18H23F2N3O3/c19-13-1-2-14(15(20)11-13)17(24)22-5-7-23(8-6-22)18(25)16(21)12-3-9-26-10-4-12/h1-2,11-12,16H,3-10,21H2. The number of ether oxygens (including phenoxy) is 1. The number of piperazine rings is 1. The molecule has 1 aromatic carbocycles. The molecule has 1 unspecified atom stereocenters. The van der Waals surface area contributed by atoms with Crippen LogP contribution in [0.2, 0.25) is 0 Å². The van der Waals surface area contributed by atoms with E-state index in [1.165, 1.54) is 4.90 Å². The first-order chi connectivity index (χ1) is 12.5. The van der Waals surface area contributed by atoms with Crippen LogP contribution in [0.1, 0.15) is 23.2 Å². The molecule has 3 rings (SSSR count). The molecule has 1 atom stereocenters. The van der Waals surface area contributed by atoms with Crippen LogP contribution in [0.4, 0.5) is 8.78 Å². The smallest absolute Gasteiger partial charge is 0.256 e. The van der Waals surface area contributed by atoms with Crippen LogP contribution in [0.25, 0.3) is 0 Å². The predicted octanol–water partition coefficient (Wildman–Crippen LogP) is 1.00. The maximum absolute atomic E-state index is 13.8. The summed E-state index contributed by atoms with van der Waals surface area (Å²) in [6.07, 6.45) is 1.55. The zero-order valence-electron chi connectivity index (χ0n) is 14.5. The van der Waals surface area contributed by atoms with Crippen molar-refractivity contribution in [1.82, 2.24) is 9.80 Å². The van der Waals surface area contributed by atoms with E-state index in [9.17, 15) is 18.4 Å². The van der Waals surface area contributed by atoms with Gasteiger partial charge in [-0.1, -0.05) is 0 Å². The number of rotatable bonds is 3. The topological polar surface area (TPSA) is 75.9 Å². The first-order valence-corrected chi connectivity index (χ1v) is 8.84. The minimum atomic E-state index is -0.880. The fourth-order valence-corrected chi connectivity index (χ4v) is 3.45. The molecule has 26 heavy (non-hydrogen) atoms. The van der Waals surface area contributed by atoms with E-state index in [0.29, 0.717) is 45.5 Å². The molecule has 8 heteroatoms. The van der Waals surface area contributed by atoms with Gasteiger partial charge in [0.15, 0.2) is 0 Å². The highest BCUT2D eigenvalue weighted by Crippen LogP contribution is 2.20. The molecule has 2 fully saturated rings. The number of carbonyl (C=O) groups excluding carboxylic acids is 2. The second kappa shape index (κ2) is 8.09. The molecule has 0 aromatic heterocycles. The molecule has 0 saturated carbocycles. The van der Waals surface area contributed by atoms with E-state index in [-0.39, 0.29) is 17.4 Å². The van der Waals surface area contributed by atoms with Crippen molar-refractivity contribution in [2.45, 2.75) is 18.9 Å². The predicted molar refractivity (Wildman–Crippen MR) is 90.4 cm³/mol. The quantitative estimate of drug-likeness (QED) is 0.865. The van der Waals surface area contributed by atoms with Gasteiger partial charge in [-0.2, -0.15) is 0 Å². The summed E-state index contributed by atoms with van der Waals surface area (Å²) >= 11 is 0. The summed E-state index contributed by atoms with van der Waals surface area (Å²) in [5.41, 5.74) is 5.97. The molecule has 2 aliphatic heterocycles. The number of hydrogen-bond donors (Lipinski definition) is 1. The Bertz CT molecular complexity index is 672. The second-order valence-electron chi connectivity index (χ2n) is 6.72. The van der Waals surface area contributed by atoms with E-state index < -0.39 is 23.6 Å². The van der Waals surface area contributed by atoms with Gasteiger partial charge >= 0.3 is 0 Å². The average Bonchev–Trinajstić information content (AvgIpc) is 2.67. The lowest BCUT2D eigenvalue weighted by Gasteiger charge is -2.37. The van der Waals surface area contributed by atoms with Gasteiger partial charge in [0.1, 0.15) is 11.6 Å². The van der Waals surface area contributed by atoms with Crippen LogP contribution in [-0.4, -0.2) is 67.0 Å². The Kier molecular flexibility index (Phi) is 5.83. The number of hydrogen-bond acceptors (Lipinski definition) is 4. The van der Waals surface area contributed by atoms with E-state index >= 15 is 0 Å². The minimum Gasteiger partial charge on any atom is -0.381 e. The Morgan fingerprint density at radius 2 is 1.69 bits per heavy atom. The van der Waals surface area contributed by atoms with Crippen molar-refractivity contribution < 1.29 is 23.1 Å². The van der Waals surface area contributed by atoms with Gasteiger partial charge in [-0.25, -0.2) is 8.78 Å². The second-order valence-corrected chi connectivity index (χ2v) is 6.72. The van der Waals surface area contributed by atoms with Crippen LogP contribution in [0.5, 0.6) is 0 Å². The van der Waals surface area contributed by atoms with Crippen LogP contribution in [-0.2, 0) is 9.53 Å². The monoisotopic (exact) mass is 367 g/mol. The van der Waals surface area contributed by atoms with Crippen LogP contribution in [0.3, 0.4) is 0 Å². The third-order valence-electron chi connectivity index (χ3n) is 5.10. The summed E-state index contributed by atoms with van der Waals surface area (Å²) in [4.78, 5) is 28.1. The summed E-state index contributed by atoms with van der Waals surface area (Å²) in [5, 5.41) is 0. The van der Waals surface area contributed by atoms with Crippen LogP contribution >= 0.6 is 0 Å². The summed E-state index contributed by atoms with van der Waals surface area (Å²) in [5.74, 6) is -2.10. The highest BCUT2D eigenvalue weighted by atomic mass is 19.1. The Balaban J connectivity index is 1.56. The molecule has 0 radical (unpaired) electrons. The van der Waals surface area contributed by atoms with Gasteiger partial charge in [0, 0.05) is 45.5 Å². The van der Waals surface area contributed by atoms with Gasteiger partial charge in [-0.05, 0) is 30.9 Å². The van der Waals surface area contributed by atoms with E-state index in [2.05, 4.69) is 0 Å². The zero-order valence-corrected chi connectivity index (χ0v) is 14.5. The first kappa shape index (κ1) is 18.7. The van der Waals surface area contributed by atoms with Crippen molar-refractivity contribution in [2.75, 3.05) is 39.4 Å². The maximum Gasteiger partial charge on any atom is 0.256 e. The molecule has 6 nitrogen and oxygen atoms in total. The van der Waals surface area contributed by atoms with Gasteiger partial charge in [0.05, 0.1) is 11.6 Å². The number of nitrogens with zero attached hydrogens (tertiary/aromatic N) is 2. The molecular weight excluding hydrogens is 344 g/mol. The van der Waals surface area contributed by atoms with Gasteiger partial charge in [0.25, 0.3) is 5.91 Å². The van der Waals surface area contributed by atoms with Gasteiger partial charge < -0.3 is 20.3 Å². The van der Waals surface area contributed by atoms with Gasteiger partial charge in [-0.3, -0.25) is 9.59 Å². The average molecular weight is 367 g/mol. The number of carbonyl (C=O) groups is 2. The third-order valence-corrected chi connectivity index (χ3v) is 5.10. The molecular formula is C18H23F2N3O3. The molecule has 2 heterocycles. The molecule has 0 spiro atoms. The van der Waals surface area contributed by atoms with Gasteiger partial charge in [0.2, 0.25) is 5.91 Å². The van der Waals surface area contributed by atoms with Crippen molar-refractivity contribution in [1.29, 1.82) is 0 Å². The van der Waals surface area contributed by atoms with E-state index in [4.69, 9.17) is 10.5 Å². The van der Waals surface area contributed by atoms with E-state index in [1.807, 2.05) is 0 Å². The highest BCUT2D eigenvalue weighted by Gasteiger charge is 2.32. The molecule has 1 aromatic rings. The molecule has 142 valence electrons. The fourth-order valence-electron chi connectivity index (χ4n) is 3.45. The number of halogens is 2. The molecule has 0 aliphatic carbocycles. The lowest BCUT2D eigenvalue weighted by atomic mass is 9.91. The Labute approximate surface area is 150 Å². The van der Waals surface area contributed by atoms with Crippen LogP contribution < -0.4 is 5.73 Å². The Morgan fingerprint density at radius 1 is 1.08 bits per heavy atom. The lowest BCUT2D eigenvalue weighted by Crippen LogP contribution is -2.56. The minimum absolute atomic E-state index is 0.114. The number of benzene rings is 1.